The van der Waals surface area contributed by atoms with Crippen LogP contribution in [0.1, 0.15) is 49.3 Å². The fraction of sp³-hybridized carbons (Fsp3) is 0.318. The number of fused-ring (bicyclic) bond motifs is 1. The molecule has 0 saturated carbocycles. The van der Waals surface area contributed by atoms with E-state index < -0.39 is 0 Å². The number of nitrogens with zero attached hydrogens (tertiary/aromatic N) is 1. The van der Waals surface area contributed by atoms with Crippen molar-refractivity contribution in [3.63, 3.8) is 0 Å². The van der Waals surface area contributed by atoms with Gasteiger partial charge in [0.2, 0.25) is 0 Å². The average Bonchev–Trinajstić information content (AvgIpc) is 2.97. The van der Waals surface area contributed by atoms with Crippen LogP contribution < -0.4 is 4.74 Å². The summed E-state index contributed by atoms with van der Waals surface area (Å²) in [5.41, 5.74) is 5.98. The molecule has 0 amide bonds. The molecule has 0 atom stereocenters. The highest BCUT2D eigenvalue weighted by Gasteiger charge is 2.20. The lowest BCUT2D eigenvalue weighted by Crippen LogP contribution is -2.11. The minimum absolute atomic E-state index is 0.0247. The molecule has 0 fully saturated rings. The molecule has 3 rings (SSSR count). The molecule has 0 spiro atoms. The van der Waals surface area contributed by atoms with Gasteiger partial charge >= 0.3 is 0 Å². The third-order valence-corrected chi connectivity index (χ3v) is 4.74. The van der Waals surface area contributed by atoms with Crippen LogP contribution in [0.3, 0.4) is 0 Å². The molecule has 0 aliphatic carbocycles. The van der Waals surface area contributed by atoms with Gasteiger partial charge in [-0.3, -0.25) is 4.79 Å². The van der Waals surface area contributed by atoms with E-state index in [-0.39, 0.29) is 5.41 Å². The van der Waals surface area contributed by atoms with Crippen LogP contribution in [0, 0.1) is 0 Å². The summed E-state index contributed by atoms with van der Waals surface area (Å²) in [6.07, 6.45) is 3.91. The molecule has 3 nitrogen and oxygen atoms in total. The maximum absolute atomic E-state index is 11.9. The number of carbonyl (C=O) groups excluding carboxylic acids is 1. The topological polar surface area (TPSA) is 30.7 Å². The number of benzene rings is 1. The second-order valence-electron chi connectivity index (χ2n) is 7.41. The molecule has 0 bridgehead atoms. The van der Waals surface area contributed by atoms with Crippen molar-refractivity contribution in [3.05, 3.63) is 59.4 Å². The molecular formula is C22H25NO2. The number of hydrogen-bond donors (Lipinski definition) is 0. The van der Waals surface area contributed by atoms with E-state index in [2.05, 4.69) is 58.0 Å². The Labute approximate surface area is 149 Å². The summed E-state index contributed by atoms with van der Waals surface area (Å²) >= 11 is 0. The number of pyridine rings is 1. The molecule has 1 aromatic carbocycles. The van der Waals surface area contributed by atoms with Crippen molar-refractivity contribution in [2.45, 2.75) is 39.5 Å². The van der Waals surface area contributed by atoms with E-state index in [9.17, 15) is 4.79 Å². The Morgan fingerprint density at radius 2 is 1.84 bits per heavy atom. The number of rotatable bonds is 4. The number of ether oxygens (including phenoxy) is 1. The number of methoxy groups -OCH3 is 1. The molecule has 0 N–H and O–H groups in total. The van der Waals surface area contributed by atoms with Gasteiger partial charge in [0.15, 0.2) is 6.29 Å². The summed E-state index contributed by atoms with van der Waals surface area (Å²) in [4.78, 5) is 11.9. The van der Waals surface area contributed by atoms with Gasteiger partial charge in [0, 0.05) is 22.8 Å². The van der Waals surface area contributed by atoms with Crippen LogP contribution in [0.4, 0.5) is 0 Å². The summed E-state index contributed by atoms with van der Waals surface area (Å²) in [7, 11) is 1.67. The zero-order chi connectivity index (χ0) is 18.2. The van der Waals surface area contributed by atoms with Gasteiger partial charge in [0.25, 0.3) is 0 Å². The maximum Gasteiger partial charge on any atom is 0.167 e. The number of hydrogen-bond acceptors (Lipinski definition) is 2. The number of aryl methyl sites for hydroxylation is 1. The van der Waals surface area contributed by atoms with Gasteiger partial charge in [-0.05, 0) is 47.2 Å². The Morgan fingerprint density at radius 1 is 1.08 bits per heavy atom. The molecule has 2 heterocycles. The predicted molar refractivity (Wildman–Crippen MR) is 103 cm³/mol. The van der Waals surface area contributed by atoms with Crippen molar-refractivity contribution in [2.75, 3.05) is 7.11 Å². The fourth-order valence-corrected chi connectivity index (χ4v) is 3.16. The number of aromatic nitrogens is 1. The summed E-state index contributed by atoms with van der Waals surface area (Å²) in [6, 6.07) is 12.5. The molecule has 0 radical (unpaired) electrons. The van der Waals surface area contributed by atoms with Crippen LogP contribution in [0.2, 0.25) is 0 Å². The van der Waals surface area contributed by atoms with Gasteiger partial charge in [0.05, 0.1) is 12.8 Å². The first-order chi connectivity index (χ1) is 11.9. The molecule has 25 heavy (non-hydrogen) atoms. The lowest BCUT2D eigenvalue weighted by Gasteiger charge is -2.21. The SMILES string of the molecule is CCc1ccc2cc(-c3cc(C(C)(C)C)ccc3OC)c(C=O)n2c1. The van der Waals surface area contributed by atoms with Crippen molar-refractivity contribution in [1.82, 2.24) is 4.40 Å². The van der Waals surface area contributed by atoms with Crippen LogP contribution in [0.5, 0.6) is 5.75 Å². The molecular weight excluding hydrogens is 310 g/mol. The van der Waals surface area contributed by atoms with E-state index in [0.717, 1.165) is 35.1 Å². The minimum Gasteiger partial charge on any atom is -0.496 e. The third kappa shape index (κ3) is 3.07. The average molecular weight is 335 g/mol. The Morgan fingerprint density at radius 3 is 2.44 bits per heavy atom. The maximum atomic E-state index is 11.9. The summed E-state index contributed by atoms with van der Waals surface area (Å²) in [5, 5.41) is 0. The van der Waals surface area contributed by atoms with Gasteiger partial charge in [-0.1, -0.05) is 39.8 Å². The normalized spacial score (nSPS) is 11.7. The van der Waals surface area contributed by atoms with Crippen LogP contribution in [0.15, 0.2) is 42.6 Å². The fourth-order valence-electron chi connectivity index (χ4n) is 3.16. The molecule has 3 heteroatoms. The molecule has 3 aromatic rings. The minimum atomic E-state index is 0.0247. The second kappa shape index (κ2) is 6.40. The van der Waals surface area contributed by atoms with Crippen molar-refractivity contribution >= 4 is 11.8 Å². The molecule has 0 aliphatic heterocycles. The smallest absolute Gasteiger partial charge is 0.167 e. The van der Waals surface area contributed by atoms with E-state index in [1.54, 1.807) is 7.11 Å². The highest BCUT2D eigenvalue weighted by atomic mass is 16.5. The largest absolute Gasteiger partial charge is 0.496 e. The Balaban J connectivity index is 2.30. The Kier molecular flexibility index (Phi) is 4.42. The van der Waals surface area contributed by atoms with E-state index >= 15 is 0 Å². The zero-order valence-electron chi connectivity index (χ0n) is 15.6. The van der Waals surface area contributed by atoms with Crippen LogP contribution >= 0.6 is 0 Å². The molecule has 130 valence electrons. The van der Waals surface area contributed by atoms with Crippen molar-refractivity contribution < 1.29 is 9.53 Å². The van der Waals surface area contributed by atoms with Crippen LogP contribution in [0.25, 0.3) is 16.6 Å². The van der Waals surface area contributed by atoms with Crippen molar-refractivity contribution in [1.29, 1.82) is 0 Å². The summed E-state index contributed by atoms with van der Waals surface area (Å²) in [5.74, 6) is 0.780. The standard InChI is InChI=1S/C22H25NO2/c1-6-15-7-9-17-12-18(20(14-24)23(17)13-15)19-11-16(22(2,3)4)8-10-21(19)25-5/h7-14H,6H2,1-5H3. The van der Waals surface area contributed by atoms with E-state index in [1.807, 2.05) is 16.7 Å². The van der Waals surface area contributed by atoms with E-state index in [0.29, 0.717) is 5.69 Å². The first kappa shape index (κ1) is 17.3. The monoisotopic (exact) mass is 335 g/mol. The Hall–Kier alpha value is -2.55. The van der Waals surface area contributed by atoms with E-state index in [4.69, 9.17) is 4.74 Å². The van der Waals surface area contributed by atoms with E-state index in [1.165, 1.54) is 11.1 Å². The van der Waals surface area contributed by atoms with Gasteiger partial charge in [-0.2, -0.15) is 0 Å². The second-order valence-corrected chi connectivity index (χ2v) is 7.41. The Bertz CT molecular complexity index is 929. The van der Waals surface area contributed by atoms with Crippen molar-refractivity contribution in [2.24, 2.45) is 0 Å². The molecule has 0 saturated heterocycles. The van der Waals surface area contributed by atoms with Gasteiger partial charge in [-0.25, -0.2) is 0 Å². The first-order valence-electron chi connectivity index (χ1n) is 8.67. The molecule has 0 aliphatic rings. The number of carbonyl (C=O) groups is 1. The van der Waals surface area contributed by atoms with Gasteiger partial charge < -0.3 is 9.14 Å². The zero-order valence-corrected chi connectivity index (χ0v) is 15.6. The first-order valence-corrected chi connectivity index (χ1v) is 8.67. The summed E-state index contributed by atoms with van der Waals surface area (Å²) in [6.45, 7) is 8.66. The third-order valence-electron chi connectivity index (χ3n) is 4.74. The quantitative estimate of drug-likeness (QED) is 0.607. The highest BCUT2D eigenvalue weighted by molar-refractivity contribution is 5.91. The predicted octanol–water partition coefficient (Wildman–Crippen LogP) is 5.29. The highest BCUT2D eigenvalue weighted by Crippen LogP contribution is 2.37. The lowest BCUT2D eigenvalue weighted by molar-refractivity contribution is 0.111. The van der Waals surface area contributed by atoms with Crippen molar-refractivity contribution in [3.8, 4) is 16.9 Å². The summed E-state index contributed by atoms with van der Waals surface area (Å²) < 4.78 is 7.56. The van der Waals surface area contributed by atoms with Crippen LogP contribution in [-0.4, -0.2) is 17.8 Å². The lowest BCUT2D eigenvalue weighted by atomic mass is 9.85. The number of aldehydes is 1. The van der Waals surface area contributed by atoms with Gasteiger partial charge in [-0.15, -0.1) is 0 Å². The van der Waals surface area contributed by atoms with Gasteiger partial charge in [0.1, 0.15) is 5.75 Å². The van der Waals surface area contributed by atoms with Crippen LogP contribution in [-0.2, 0) is 11.8 Å². The molecule has 2 aromatic heterocycles. The molecule has 0 unspecified atom stereocenters.